The second-order valence-electron chi connectivity index (χ2n) is 15.1. The van der Waals surface area contributed by atoms with Gasteiger partial charge in [0.15, 0.2) is 0 Å². The lowest BCUT2D eigenvalue weighted by molar-refractivity contribution is -0.150. The van der Waals surface area contributed by atoms with E-state index in [0.717, 1.165) is 96.6 Å². The van der Waals surface area contributed by atoms with Crippen LogP contribution in [0.4, 0.5) is 0 Å². The van der Waals surface area contributed by atoms with Crippen LogP contribution in [0, 0.1) is 11.8 Å². The van der Waals surface area contributed by atoms with Crippen molar-refractivity contribution in [3.63, 3.8) is 0 Å². The van der Waals surface area contributed by atoms with E-state index in [4.69, 9.17) is 14.2 Å². The number of hydrogen-bond donors (Lipinski definition) is 0. The first-order valence-corrected chi connectivity index (χ1v) is 22.0. The maximum Gasteiger partial charge on any atom is 0.323 e. The van der Waals surface area contributed by atoms with E-state index >= 15 is 0 Å². The Morgan fingerprint density at radius 2 is 1.10 bits per heavy atom. The third-order valence-corrected chi connectivity index (χ3v) is 9.66. The van der Waals surface area contributed by atoms with E-state index in [0.29, 0.717) is 25.7 Å². The predicted molar refractivity (Wildman–Crippen MR) is 220 cm³/mol. The molecule has 1 saturated heterocycles. The molecule has 0 spiro atoms. The summed E-state index contributed by atoms with van der Waals surface area (Å²) in [6.07, 6.45) is 25.4. The van der Waals surface area contributed by atoms with Gasteiger partial charge in [0.05, 0.1) is 25.7 Å². The number of esters is 3. The molecule has 0 aromatic rings. The van der Waals surface area contributed by atoms with Gasteiger partial charge >= 0.3 is 17.9 Å². The third-order valence-electron chi connectivity index (χ3n) is 9.66. The SMILES string of the molecule is CC.CCCCCCCCC(CCCCCC)C(=O)OCCCCCCOC(=O)C1CC(C)CN1CCCCCCOC(C)=O.CCCCN(C)C. The number of likely N-dealkylation sites (tertiary alicyclic amines) is 1. The number of hydrogen-bond acceptors (Lipinski definition) is 8. The van der Waals surface area contributed by atoms with Crippen LogP contribution in [-0.2, 0) is 28.6 Å². The minimum atomic E-state index is -0.219. The van der Waals surface area contributed by atoms with Gasteiger partial charge in [-0.3, -0.25) is 19.3 Å². The molecule has 1 heterocycles. The number of ether oxygens (including phenoxy) is 3. The molecule has 1 aliphatic heterocycles. The summed E-state index contributed by atoms with van der Waals surface area (Å²) in [6.45, 7) is 18.9. The van der Waals surface area contributed by atoms with Gasteiger partial charge < -0.3 is 19.1 Å². The first kappa shape index (κ1) is 52.4. The predicted octanol–water partition coefficient (Wildman–Crippen LogP) is 11.2. The summed E-state index contributed by atoms with van der Waals surface area (Å²) in [5, 5.41) is 0. The van der Waals surface area contributed by atoms with E-state index in [1.165, 1.54) is 77.7 Å². The normalized spacial score (nSPS) is 16.0. The summed E-state index contributed by atoms with van der Waals surface area (Å²) in [7, 11) is 4.21. The summed E-state index contributed by atoms with van der Waals surface area (Å²) >= 11 is 0. The second-order valence-corrected chi connectivity index (χ2v) is 15.1. The first-order valence-electron chi connectivity index (χ1n) is 22.0. The van der Waals surface area contributed by atoms with Crippen LogP contribution in [0.3, 0.4) is 0 Å². The van der Waals surface area contributed by atoms with Gasteiger partial charge in [0.2, 0.25) is 0 Å². The van der Waals surface area contributed by atoms with E-state index in [9.17, 15) is 14.4 Å². The molecule has 0 aromatic carbocycles. The highest BCUT2D eigenvalue weighted by molar-refractivity contribution is 5.76. The maximum atomic E-state index is 12.8. The van der Waals surface area contributed by atoms with E-state index in [-0.39, 0.29) is 29.9 Å². The van der Waals surface area contributed by atoms with E-state index < -0.39 is 0 Å². The smallest absolute Gasteiger partial charge is 0.323 e. The topological polar surface area (TPSA) is 85.4 Å². The van der Waals surface area contributed by atoms with Gasteiger partial charge in [0.1, 0.15) is 6.04 Å². The minimum absolute atomic E-state index is 0.0105. The molecule has 3 atom stereocenters. The number of nitrogens with zero attached hydrogens (tertiary/aromatic N) is 2. The second kappa shape index (κ2) is 39.0. The van der Waals surface area contributed by atoms with Crippen LogP contribution in [0.5, 0.6) is 0 Å². The third kappa shape index (κ3) is 32.9. The molecule has 0 N–H and O–H groups in total. The van der Waals surface area contributed by atoms with E-state index in [2.05, 4.69) is 51.6 Å². The van der Waals surface area contributed by atoms with Crippen LogP contribution < -0.4 is 0 Å². The Bertz CT molecular complexity index is 808. The van der Waals surface area contributed by atoms with Crippen LogP contribution in [0.1, 0.15) is 196 Å². The molecule has 310 valence electrons. The average molecular weight is 741 g/mol. The van der Waals surface area contributed by atoms with E-state index in [1.807, 2.05) is 13.8 Å². The molecule has 0 radical (unpaired) electrons. The molecule has 0 bridgehead atoms. The molecule has 1 fully saturated rings. The number of carbonyl (C=O) groups is 3. The summed E-state index contributed by atoms with van der Waals surface area (Å²) in [5.41, 5.74) is 0. The fraction of sp³-hybridized carbons (Fsp3) is 0.932. The summed E-state index contributed by atoms with van der Waals surface area (Å²) in [5.74, 6) is 0.280. The molecule has 52 heavy (non-hydrogen) atoms. The lowest BCUT2D eigenvalue weighted by Crippen LogP contribution is -2.38. The van der Waals surface area contributed by atoms with Crippen molar-refractivity contribution in [2.24, 2.45) is 11.8 Å². The van der Waals surface area contributed by atoms with Gasteiger partial charge in [-0.1, -0.05) is 125 Å². The Balaban J connectivity index is 0. The van der Waals surface area contributed by atoms with Crippen molar-refractivity contribution in [3.05, 3.63) is 0 Å². The first-order chi connectivity index (χ1) is 25.2. The van der Waals surface area contributed by atoms with Crippen molar-refractivity contribution >= 4 is 17.9 Å². The van der Waals surface area contributed by atoms with Crippen LogP contribution in [0.15, 0.2) is 0 Å². The van der Waals surface area contributed by atoms with Gasteiger partial charge in [-0.05, 0) is 97.3 Å². The quantitative estimate of drug-likeness (QED) is 0.0394. The maximum absolute atomic E-state index is 12.8. The van der Waals surface area contributed by atoms with Crippen molar-refractivity contribution in [3.8, 4) is 0 Å². The minimum Gasteiger partial charge on any atom is -0.466 e. The number of rotatable bonds is 31. The Labute approximate surface area is 323 Å². The van der Waals surface area contributed by atoms with Gasteiger partial charge in [0, 0.05) is 13.5 Å². The average Bonchev–Trinajstić information content (AvgIpc) is 3.51. The van der Waals surface area contributed by atoms with Crippen molar-refractivity contribution in [1.29, 1.82) is 0 Å². The monoisotopic (exact) mass is 741 g/mol. The molecule has 0 saturated carbocycles. The molecule has 0 amide bonds. The zero-order chi connectivity index (χ0) is 39.2. The fourth-order valence-corrected chi connectivity index (χ4v) is 6.57. The molecule has 0 aliphatic carbocycles. The Morgan fingerprint density at radius 1 is 0.635 bits per heavy atom. The summed E-state index contributed by atoms with van der Waals surface area (Å²) < 4.78 is 16.4. The molecule has 3 unspecified atom stereocenters. The van der Waals surface area contributed by atoms with Gasteiger partial charge in [-0.15, -0.1) is 0 Å². The van der Waals surface area contributed by atoms with Gasteiger partial charge in [-0.2, -0.15) is 0 Å². The summed E-state index contributed by atoms with van der Waals surface area (Å²) in [4.78, 5) is 40.9. The molecular formula is C44H88N2O6. The molecular weight excluding hydrogens is 652 g/mol. The molecule has 8 heteroatoms. The molecule has 1 aliphatic rings. The van der Waals surface area contributed by atoms with Crippen molar-refractivity contribution in [2.75, 3.05) is 53.6 Å². The van der Waals surface area contributed by atoms with Crippen molar-refractivity contribution in [2.45, 2.75) is 202 Å². The molecule has 0 aromatic heterocycles. The number of unbranched alkanes of at least 4 members (excludes halogenated alkanes) is 15. The largest absolute Gasteiger partial charge is 0.466 e. The Morgan fingerprint density at radius 3 is 1.62 bits per heavy atom. The van der Waals surface area contributed by atoms with Crippen LogP contribution >= 0.6 is 0 Å². The van der Waals surface area contributed by atoms with Crippen molar-refractivity contribution < 1.29 is 28.6 Å². The number of carbonyl (C=O) groups excluding carboxylic acids is 3. The Kier molecular flexibility index (Phi) is 39.4. The van der Waals surface area contributed by atoms with E-state index in [1.54, 1.807) is 0 Å². The summed E-state index contributed by atoms with van der Waals surface area (Å²) in [6, 6.07) is -0.123. The fourth-order valence-electron chi connectivity index (χ4n) is 6.57. The molecule has 8 nitrogen and oxygen atoms in total. The lowest BCUT2D eigenvalue weighted by atomic mass is 9.94. The highest BCUT2D eigenvalue weighted by Crippen LogP contribution is 2.25. The van der Waals surface area contributed by atoms with Crippen LogP contribution in [-0.4, -0.2) is 87.3 Å². The Hall–Kier alpha value is -1.67. The zero-order valence-electron chi connectivity index (χ0n) is 36.1. The highest BCUT2D eigenvalue weighted by Gasteiger charge is 2.35. The van der Waals surface area contributed by atoms with Crippen molar-refractivity contribution in [1.82, 2.24) is 9.80 Å². The lowest BCUT2D eigenvalue weighted by Gasteiger charge is -2.23. The zero-order valence-corrected chi connectivity index (χ0v) is 36.1. The standard InChI is InChI=1S/C36H67NO6.C6H15N.C2H6/c1-5-7-9-11-12-18-24-33(23-17-10-8-6-2)35(39)42-27-21-15-16-22-28-43-36(40)34-29-31(3)30-37(34)25-19-13-14-20-26-41-32(4)38;1-4-5-6-7(2)3;1-2/h31,33-34H,5-30H2,1-4H3;4-6H2,1-3H3;1-2H3. The van der Waals surface area contributed by atoms with Crippen LogP contribution in [0.2, 0.25) is 0 Å². The highest BCUT2D eigenvalue weighted by atomic mass is 16.5. The van der Waals surface area contributed by atoms with Gasteiger partial charge in [-0.25, -0.2) is 0 Å². The van der Waals surface area contributed by atoms with Gasteiger partial charge in [0.25, 0.3) is 0 Å². The molecule has 1 rings (SSSR count). The van der Waals surface area contributed by atoms with Crippen LogP contribution in [0.25, 0.3) is 0 Å².